The predicted molar refractivity (Wildman–Crippen MR) is 107 cm³/mol. The van der Waals surface area contributed by atoms with Crippen LogP contribution in [0, 0.1) is 6.92 Å². The van der Waals surface area contributed by atoms with Crippen molar-refractivity contribution in [3.05, 3.63) is 71.8 Å². The quantitative estimate of drug-likeness (QED) is 0.667. The molecule has 0 spiro atoms. The average Bonchev–Trinajstić information content (AvgIpc) is 2.65. The van der Waals surface area contributed by atoms with E-state index in [2.05, 4.69) is 5.32 Å². The van der Waals surface area contributed by atoms with Gasteiger partial charge in [-0.1, -0.05) is 36.4 Å². The van der Waals surface area contributed by atoms with E-state index in [0.29, 0.717) is 11.3 Å². The van der Waals surface area contributed by atoms with Crippen LogP contribution in [0.25, 0.3) is 10.8 Å². The minimum Gasteiger partial charge on any atom is -0.452 e. The van der Waals surface area contributed by atoms with Gasteiger partial charge in [0.25, 0.3) is 5.91 Å². The van der Waals surface area contributed by atoms with Gasteiger partial charge >= 0.3 is 5.97 Å². The lowest BCUT2D eigenvalue weighted by atomic mass is 10.1. The molecule has 7 heteroatoms. The summed E-state index contributed by atoms with van der Waals surface area (Å²) in [5.41, 5.74) is 1.27. The molecule has 0 heterocycles. The zero-order valence-corrected chi connectivity index (χ0v) is 16.2. The van der Waals surface area contributed by atoms with E-state index in [1.165, 1.54) is 18.2 Å². The second-order valence-electron chi connectivity index (χ2n) is 6.44. The molecule has 0 aliphatic carbocycles. The van der Waals surface area contributed by atoms with E-state index < -0.39 is 28.3 Å². The molecule has 0 unspecified atom stereocenters. The van der Waals surface area contributed by atoms with Crippen molar-refractivity contribution in [2.45, 2.75) is 11.8 Å². The maximum Gasteiger partial charge on any atom is 0.338 e. The van der Waals surface area contributed by atoms with Gasteiger partial charge in [0.2, 0.25) is 0 Å². The van der Waals surface area contributed by atoms with E-state index in [9.17, 15) is 18.0 Å². The first-order valence-corrected chi connectivity index (χ1v) is 10.4. The van der Waals surface area contributed by atoms with Gasteiger partial charge in [0.1, 0.15) is 0 Å². The summed E-state index contributed by atoms with van der Waals surface area (Å²) < 4.78 is 28.4. The van der Waals surface area contributed by atoms with Gasteiger partial charge in [0.15, 0.2) is 16.4 Å². The molecule has 0 saturated carbocycles. The Kier molecular flexibility index (Phi) is 5.46. The van der Waals surface area contributed by atoms with Gasteiger partial charge in [-0.2, -0.15) is 0 Å². The second-order valence-corrected chi connectivity index (χ2v) is 8.45. The number of rotatable bonds is 5. The van der Waals surface area contributed by atoms with E-state index in [1.54, 1.807) is 13.0 Å². The summed E-state index contributed by atoms with van der Waals surface area (Å²) in [6.45, 7) is 1.19. The molecular formula is C21H19NO5S. The maximum absolute atomic E-state index is 12.3. The summed E-state index contributed by atoms with van der Waals surface area (Å²) in [5.74, 6) is -1.24. The van der Waals surface area contributed by atoms with Gasteiger partial charge in [0.05, 0.1) is 10.5 Å². The Bertz CT molecular complexity index is 1170. The molecule has 1 amide bonds. The van der Waals surface area contributed by atoms with Crippen molar-refractivity contribution < 1.29 is 22.7 Å². The number of benzene rings is 3. The number of carbonyl (C=O) groups excluding carboxylic acids is 2. The second kappa shape index (κ2) is 7.82. The third kappa shape index (κ3) is 4.55. The Balaban J connectivity index is 1.66. The fraction of sp³-hybridized carbons (Fsp3) is 0.143. The Morgan fingerprint density at radius 1 is 0.964 bits per heavy atom. The van der Waals surface area contributed by atoms with Gasteiger partial charge in [-0.15, -0.1) is 0 Å². The number of carbonyl (C=O) groups is 2. The zero-order valence-electron chi connectivity index (χ0n) is 15.4. The molecule has 1 N–H and O–H groups in total. The summed E-state index contributed by atoms with van der Waals surface area (Å²) >= 11 is 0. The van der Waals surface area contributed by atoms with E-state index >= 15 is 0 Å². The highest BCUT2D eigenvalue weighted by molar-refractivity contribution is 7.90. The molecule has 0 bridgehead atoms. The Hall–Kier alpha value is -3.19. The first-order chi connectivity index (χ1) is 13.2. The maximum atomic E-state index is 12.3. The lowest BCUT2D eigenvalue weighted by Gasteiger charge is -2.10. The number of fused-ring (bicyclic) bond motifs is 1. The van der Waals surface area contributed by atoms with E-state index in [1.807, 2.05) is 36.4 Å². The number of ether oxygens (including phenoxy) is 1. The number of sulfone groups is 1. The van der Waals surface area contributed by atoms with Crippen molar-refractivity contribution in [3.8, 4) is 0 Å². The smallest absolute Gasteiger partial charge is 0.338 e. The summed E-state index contributed by atoms with van der Waals surface area (Å²) in [7, 11) is -3.45. The summed E-state index contributed by atoms with van der Waals surface area (Å²) in [5, 5.41) is 4.71. The molecule has 0 saturated heterocycles. The number of aryl methyl sites for hydroxylation is 1. The minimum absolute atomic E-state index is 0.0191. The van der Waals surface area contributed by atoms with Crippen molar-refractivity contribution in [2.24, 2.45) is 0 Å². The first kappa shape index (κ1) is 19.6. The lowest BCUT2D eigenvalue weighted by Crippen LogP contribution is -2.21. The Morgan fingerprint density at radius 2 is 1.68 bits per heavy atom. The van der Waals surface area contributed by atoms with Crippen LogP contribution in [0.3, 0.4) is 0 Å². The summed E-state index contributed by atoms with van der Waals surface area (Å²) in [6.07, 6.45) is 1.06. The zero-order chi connectivity index (χ0) is 20.3. The number of anilines is 1. The van der Waals surface area contributed by atoms with Gasteiger partial charge in [-0.25, -0.2) is 13.2 Å². The van der Waals surface area contributed by atoms with Crippen molar-refractivity contribution >= 4 is 38.2 Å². The van der Waals surface area contributed by atoms with Crippen LogP contribution < -0.4 is 5.32 Å². The van der Waals surface area contributed by atoms with E-state index in [4.69, 9.17) is 4.74 Å². The molecule has 3 aromatic rings. The average molecular weight is 397 g/mol. The molecule has 0 aromatic heterocycles. The van der Waals surface area contributed by atoms with E-state index in [-0.39, 0.29) is 10.5 Å². The van der Waals surface area contributed by atoms with Crippen LogP contribution in [0.2, 0.25) is 0 Å². The number of hydrogen-bond acceptors (Lipinski definition) is 5. The number of hydrogen-bond donors (Lipinski definition) is 1. The molecule has 28 heavy (non-hydrogen) atoms. The predicted octanol–water partition coefficient (Wildman–Crippen LogP) is 3.35. The fourth-order valence-corrected chi connectivity index (χ4v) is 3.37. The van der Waals surface area contributed by atoms with Crippen molar-refractivity contribution in [3.63, 3.8) is 0 Å². The standard InChI is InChI=1S/C21H19NO5S/c1-14-7-10-18(28(2,25)26)12-19(14)21(24)27-13-20(23)22-17-9-8-15-5-3-4-6-16(15)11-17/h3-12H,13H2,1-2H3,(H,22,23). The topological polar surface area (TPSA) is 89.5 Å². The molecule has 0 radical (unpaired) electrons. The molecule has 3 rings (SSSR count). The third-order valence-electron chi connectivity index (χ3n) is 4.22. The van der Waals surface area contributed by atoms with Crippen molar-refractivity contribution in [2.75, 3.05) is 18.2 Å². The van der Waals surface area contributed by atoms with Crippen molar-refractivity contribution in [1.29, 1.82) is 0 Å². The van der Waals surface area contributed by atoms with Crippen LogP contribution >= 0.6 is 0 Å². The van der Waals surface area contributed by atoms with Gasteiger partial charge in [-0.05, 0) is 47.5 Å². The van der Waals surface area contributed by atoms with Crippen LogP contribution in [-0.4, -0.2) is 33.2 Å². The highest BCUT2D eigenvalue weighted by Crippen LogP contribution is 2.19. The number of amides is 1. The normalized spacial score (nSPS) is 11.2. The van der Waals surface area contributed by atoms with Crippen LogP contribution in [0.5, 0.6) is 0 Å². The van der Waals surface area contributed by atoms with Crippen LogP contribution in [0.1, 0.15) is 15.9 Å². The van der Waals surface area contributed by atoms with Crippen LogP contribution in [-0.2, 0) is 19.4 Å². The van der Waals surface area contributed by atoms with E-state index in [0.717, 1.165) is 17.0 Å². The Labute approximate surface area is 163 Å². The first-order valence-electron chi connectivity index (χ1n) is 8.50. The van der Waals surface area contributed by atoms with Crippen molar-refractivity contribution in [1.82, 2.24) is 0 Å². The molecule has 0 aliphatic heterocycles. The molecule has 0 fully saturated rings. The summed E-state index contributed by atoms with van der Waals surface area (Å²) in [4.78, 5) is 24.4. The van der Waals surface area contributed by atoms with Gasteiger partial charge < -0.3 is 10.1 Å². The largest absolute Gasteiger partial charge is 0.452 e. The fourth-order valence-electron chi connectivity index (χ4n) is 2.72. The molecule has 144 valence electrons. The molecule has 6 nitrogen and oxygen atoms in total. The monoisotopic (exact) mass is 397 g/mol. The van der Waals surface area contributed by atoms with Crippen LogP contribution in [0.4, 0.5) is 5.69 Å². The molecular weight excluding hydrogens is 378 g/mol. The third-order valence-corrected chi connectivity index (χ3v) is 5.33. The molecule has 0 aliphatic rings. The van der Waals surface area contributed by atoms with Gasteiger partial charge in [0, 0.05) is 11.9 Å². The Morgan fingerprint density at radius 3 is 2.39 bits per heavy atom. The summed E-state index contributed by atoms with van der Waals surface area (Å²) in [6, 6.07) is 17.4. The number of nitrogens with one attached hydrogen (secondary N) is 1. The lowest BCUT2D eigenvalue weighted by molar-refractivity contribution is -0.119. The van der Waals surface area contributed by atoms with Gasteiger partial charge in [-0.3, -0.25) is 4.79 Å². The highest BCUT2D eigenvalue weighted by atomic mass is 32.2. The molecule has 3 aromatic carbocycles. The highest BCUT2D eigenvalue weighted by Gasteiger charge is 2.16. The minimum atomic E-state index is -3.45. The SMILES string of the molecule is Cc1ccc(S(C)(=O)=O)cc1C(=O)OCC(=O)Nc1ccc2ccccc2c1. The molecule has 0 atom stereocenters. The number of esters is 1. The van der Waals surface area contributed by atoms with Crippen LogP contribution in [0.15, 0.2) is 65.6 Å².